The van der Waals surface area contributed by atoms with Crippen LogP contribution in [-0.2, 0) is 6.54 Å². The zero-order valence-electron chi connectivity index (χ0n) is 12.6. The molecule has 1 aliphatic rings. The summed E-state index contributed by atoms with van der Waals surface area (Å²) in [6.07, 6.45) is 3.79. The van der Waals surface area contributed by atoms with Gasteiger partial charge in [0.15, 0.2) is 0 Å². The fraction of sp³-hybridized carbons (Fsp3) is 0.647. The summed E-state index contributed by atoms with van der Waals surface area (Å²) in [4.78, 5) is 2.42. The van der Waals surface area contributed by atoms with Crippen molar-refractivity contribution in [2.75, 3.05) is 13.6 Å². The Hall–Kier alpha value is -0.860. The highest BCUT2D eigenvalue weighted by Crippen LogP contribution is 2.28. The molecule has 0 heterocycles. The Morgan fingerprint density at radius 2 is 1.89 bits per heavy atom. The molecule has 3 unspecified atom stereocenters. The Morgan fingerprint density at radius 3 is 2.58 bits per heavy atom. The van der Waals surface area contributed by atoms with Gasteiger partial charge in [-0.05, 0) is 50.6 Å². The second kappa shape index (κ2) is 6.53. The summed E-state index contributed by atoms with van der Waals surface area (Å²) >= 11 is 0. The number of hydrogen-bond donors (Lipinski definition) is 1. The minimum Gasteiger partial charge on any atom is -0.327 e. The zero-order valence-corrected chi connectivity index (χ0v) is 12.6. The maximum atomic E-state index is 6.28. The Morgan fingerprint density at radius 1 is 1.21 bits per heavy atom. The summed E-state index contributed by atoms with van der Waals surface area (Å²) in [5, 5.41) is 0. The van der Waals surface area contributed by atoms with Crippen LogP contribution in [0.4, 0.5) is 0 Å². The van der Waals surface area contributed by atoms with Crippen molar-refractivity contribution in [3.05, 3.63) is 35.4 Å². The molecule has 0 spiro atoms. The lowest BCUT2D eigenvalue weighted by Crippen LogP contribution is -2.41. The van der Waals surface area contributed by atoms with Gasteiger partial charge in [0.05, 0.1) is 0 Å². The van der Waals surface area contributed by atoms with Crippen LogP contribution >= 0.6 is 0 Å². The topological polar surface area (TPSA) is 29.3 Å². The molecule has 0 amide bonds. The number of aryl methyl sites for hydroxylation is 1. The van der Waals surface area contributed by atoms with E-state index in [0.717, 1.165) is 19.0 Å². The fourth-order valence-electron chi connectivity index (χ4n) is 3.20. The van der Waals surface area contributed by atoms with Gasteiger partial charge in [-0.1, -0.05) is 36.8 Å². The van der Waals surface area contributed by atoms with Crippen LogP contribution in [-0.4, -0.2) is 24.5 Å². The first-order valence-corrected chi connectivity index (χ1v) is 7.54. The maximum absolute atomic E-state index is 6.28. The molecule has 2 rings (SSSR count). The predicted octanol–water partition coefficient (Wildman–Crippen LogP) is 3.19. The van der Waals surface area contributed by atoms with Crippen LogP contribution in [0.25, 0.3) is 0 Å². The van der Waals surface area contributed by atoms with Crippen LogP contribution in [0.3, 0.4) is 0 Å². The Labute approximate surface area is 118 Å². The highest BCUT2D eigenvalue weighted by molar-refractivity contribution is 5.21. The van der Waals surface area contributed by atoms with Crippen LogP contribution in [0.5, 0.6) is 0 Å². The third kappa shape index (κ3) is 4.32. The molecule has 0 saturated heterocycles. The minimum absolute atomic E-state index is 0.400. The van der Waals surface area contributed by atoms with Crippen molar-refractivity contribution in [3.8, 4) is 0 Å². The second-order valence-electron chi connectivity index (χ2n) is 6.52. The van der Waals surface area contributed by atoms with Crippen LogP contribution in [0.2, 0.25) is 0 Å². The molecule has 106 valence electrons. The van der Waals surface area contributed by atoms with E-state index in [0.29, 0.717) is 12.0 Å². The van der Waals surface area contributed by atoms with E-state index >= 15 is 0 Å². The largest absolute Gasteiger partial charge is 0.327 e. The van der Waals surface area contributed by atoms with Crippen molar-refractivity contribution < 1.29 is 0 Å². The van der Waals surface area contributed by atoms with Gasteiger partial charge in [-0.3, -0.25) is 0 Å². The highest BCUT2D eigenvalue weighted by atomic mass is 15.1. The van der Waals surface area contributed by atoms with Crippen molar-refractivity contribution in [1.82, 2.24) is 4.90 Å². The Balaban J connectivity index is 1.86. The van der Waals surface area contributed by atoms with Gasteiger partial charge in [0, 0.05) is 19.1 Å². The van der Waals surface area contributed by atoms with E-state index in [1.54, 1.807) is 0 Å². The van der Waals surface area contributed by atoms with Gasteiger partial charge < -0.3 is 10.6 Å². The first-order valence-electron chi connectivity index (χ1n) is 7.54. The molecular formula is C17H28N2. The first-order chi connectivity index (χ1) is 9.04. The molecule has 0 radical (unpaired) electrons. The molecule has 1 aliphatic carbocycles. The maximum Gasteiger partial charge on any atom is 0.0230 e. The summed E-state index contributed by atoms with van der Waals surface area (Å²) in [7, 11) is 2.21. The normalized spacial score (nSPS) is 27.7. The highest BCUT2D eigenvalue weighted by Gasteiger charge is 2.26. The van der Waals surface area contributed by atoms with Gasteiger partial charge in [-0.2, -0.15) is 0 Å². The Kier molecular flexibility index (Phi) is 5.00. The number of nitrogens with two attached hydrogens (primary N) is 1. The average molecular weight is 260 g/mol. The van der Waals surface area contributed by atoms with E-state index in [1.807, 2.05) is 0 Å². The van der Waals surface area contributed by atoms with Gasteiger partial charge in [0.2, 0.25) is 0 Å². The molecule has 0 aliphatic heterocycles. The SMILES string of the molecule is Cc1ccc(CN(C)CC2CC(C)CCC2N)cc1. The summed E-state index contributed by atoms with van der Waals surface area (Å²) in [5.74, 6) is 1.51. The van der Waals surface area contributed by atoms with Gasteiger partial charge in [-0.25, -0.2) is 0 Å². The molecule has 3 atom stereocenters. The molecule has 2 heteroatoms. The quantitative estimate of drug-likeness (QED) is 0.901. The van der Waals surface area contributed by atoms with Crippen molar-refractivity contribution in [2.24, 2.45) is 17.6 Å². The molecule has 1 saturated carbocycles. The molecule has 1 fully saturated rings. The summed E-state index contributed by atoms with van der Waals surface area (Å²) in [6.45, 7) is 6.64. The van der Waals surface area contributed by atoms with Gasteiger partial charge in [0.1, 0.15) is 0 Å². The molecule has 1 aromatic carbocycles. The second-order valence-corrected chi connectivity index (χ2v) is 6.52. The van der Waals surface area contributed by atoms with Gasteiger partial charge in [0.25, 0.3) is 0 Å². The van der Waals surface area contributed by atoms with Crippen LogP contribution in [0.15, 0.2) is 24.3 Å². The number of hydrogen-bond acceptors (Lipinski definition) is 2. The van der Waals surface area contributed by atoms with Crippen molar-refractivity contribution in [1.29, 1.82) is 0 Å². The number of benzene rings is 1. The fourth-order valence-corrected chi connectivity index (χ4v) is 3.20. The third-order valence-corrected chi connectivity index (χ3v) is 4.42. The summed E-state index contributed by atoms with van der Waals surface area (Å²) in [5.41, 5.74) is 9.00. The molecule has 0 bridgehead atoms. The van der Waals surface area contributed by atoms with Crippen molar-refractivity contribution >= 4 is 0 Å². The molecule has 2 N–H and O–H groups in total. The molecule has 1 aromatic rings. The van der Waals surface area contributed by atoms with E-state index in [9.17, 15) is 0 Å². The van der Waals surface area contributed by atoms with E-state index in [4.69, 9.17) is 5.73 Å². The molecule has 0 aromatic heterocycles. The zero-order chi connectivity index (χ0) is 13.8. The number of nitrogens with zero attached hydrogens (tertiary/aromatic N) is 1. The minimum atomic E-state index is 0.400. The summed E-state index contributed by atoms with van der Waals surface area (Å²) in [6, 6.07) is 9.25. The van der Waals surface area contributed by atoms with E-state index in [-0.39, 0.29) is 0 Å². The third-order valence-electron chi connectivity index (χ3n) is 4.42. The lowest BCUT2D eigenvalue weighted by molar-refractivity contribution is 0.177. The first kappa shape index (κ1) is 14.5. The van der Waals surface area contributed by atoms with E-state index in [1.165, 1.54) is 30.4 Å². The molecule has 2 nitrogen and oxygen atoms in total. The monoisotopic (exact) mass is 260 g/mol. The van der Waals surface area contributed by atoms with Crippen molar-refractivity contribution in [2.45, 2.75) is 45.7 Å². The summed E-state index contributed by atoms with van der Waals surface area (Å²) < 4.78 is 0. The average Bonchev–Trinajstić information content (AvgIpc) is 2.37. The standard InChI is InChI=1S/C17H28N2/c1-13-4-7-15(8-5-13)11-19(3)12-16-10-14(2)6-9-17(16)18/h4-5,7-8,14,16-17H,6,9-12,18H2,1-3H3. The van der Waals surface area contributed by atoms with E-state index in [2.05, 4.69) is 50.1 Å². The predicted molar refractivity (Wildman–Crippen MR) is 82.0 cm³/mol. The smallest absolute Gasteiger partial charge is 0.0230 e. The van der Waals surface area contributed by atoms with Gasteiger partial charge in [-0.15, -0.1) is 0 Å². The lowest BCUT2D eigenvalue weighted by atomic mass is 9.79. The Bertz CT molecular complexity index is 385. The lowest BCUT2D eigenvalue weighted by Gasteiger charge is -2.35. The molecule has 19 heavy (non-hydrogen) atoms. The van der Waals surface area contributed by atoms with Crippen molar-refractivity contribution in [3.63, 3.8) is 0 Å². The van der Waals surface area contributed by atoms with Crippen LogP contribution in [0, 0.1) is 18.8 Å². The van der Waals surface area contributed by atoms with Gasteiger partial charge >= 0.3 is 0 Å². The van der Waals surface area contributed by atoms with Crippen LogP contribution < -0.4 is 5.73 Å². The van der Waals surface area contributed by atoms with Crippen LogP contribution in [0.1, 0.15) is 37.3 Å². The molecular weight excluding hydrogens is 232 g/mol. The number of rotatable bonds is 4. The van der Waals surface area contributed by atoms with E-state index < -0.39 is 0 Å².